The van der Waals surface area contributed by atoms with Crippen LogP contribution in [0.5, 0.6) is 10.9 Å². The van der Waals surface area contributed by atoms with E-state index in [2.05, 4.69) is 31.0 Å². The third kappa shape index (κ3) is 3.11. The van der Waals surface area contributed by atoms with Gasteiger partial charge in [-0.1, -0.05) is 31.3 Å². The predicted octanol–water partition coefficient (Wildman–Crippen LogP) is 4.64. The monoisotopic (exact) mass is 331 g/mol. The number of rotatable bonds is 4. The lowest BCUT2D eigenvalue weighted by atomic mass is 9.86. The molecule has 0 unspecified atom stereocenters. The van der Waals surface area contributed by atoms with Crippen molar-refractivity contribution in [2.24, 2.45) is 0 Å². The molecule has 3 rings (SSSR count). The number of carbonyl (C=O) groups excluding carboxylic acids is 1. The molecule has 0 N–H and O–H groups in total. The summed E-state index contributed by atoms with van der Waals surface area (Å²) < 4.78 is 10.9. The van der Waals surface area contributed by atoms with Gasteiger partial charge in [-0.2, -0.15) is 4.98 Å². The number of hydrogen-bond acceptors (Lipinski definition) is 5. The van der Waals surface area contributed by atoms with E-state index in [4.69, 9.17) is 9.47 Å². The standard InChI is InChI=1S/C18H21NO3S/c1-5-21-16(20)14-10-23-17(19-14)22-15-9-13-12(8-11(15)2)6-7-18(13,3)4/h8-10H,5-7H2,1-4H3. The summed E-state index contributed by atoms with van der Waals surface area (Å²) in [6, 6.07) is 4.34. The Labute approximate surface area is 140 Å². The van der Waals surface area contributed by atoms with E-state index < -0.39 is 5.97 Å². The summed E-state index contributed by atoms with van der Waals surface area (Å²) in [7, 11) is 0. The first-order valence-electron chi connectivity index (χ1n) is 7.85. The molecule has 0 bridgehead atoms. The molecule has 1 heterocycles. The summed E-state index contributed by atoms with van der Waals surface area (Å²) in [6.45, 7) is 8.68. The smallest absolute Gasteiger partial charge is 0.357 e. The van der Waals surface area contributed by atoms with Crippen LogP contribution in [0.2, 0.25) is 0 Å². The average molecular weight is 331 g/mol. The molecule has 5 heteroatoms. The topological polar surface area (TPSA) is 48.4 Å². The molecule has 1 aliphatic carbocycles. The lowest BCUT2D eigenvalue weighted by molar-refractivity contribution is 0.0520. The van der Waals surface area contributed by atoms with Crippen LogP contribution < -0.4 is 4.74 Å². The maximum absolute atomic E-state index is 11.7. The molecule has 0 fully saturated rings. The van der Waals surface area contributed by atoms with Gasteiger partial charge in [0, 0.05) is 5.38 Å². The first-order chi connectivity index (χ1) is 10.9. The molecule has 23 heavy (non-hydrogen) atoms. The second-order valence-electron chi connectivity index (χ2n) is 6.48. The third-order valence-electron chi connectivity index (χ3n) is 4.31. The predicted molar refractivity (Wildman–Crippen MR) is 90.7 cm³/mol. The van der Waals surface area contributed by atoms with Gasteiger partial charge < -0.3 is 9.47 Å². The summed E-state index contributed by atoms with van der Waals surface area (Å²) in [5, 5.41) is 2.13. The molecule has 1 aliphatic rings. The fraction of sp³-hybridized carbons (Fsp3) is 0.444. The summed E-state index contributed by atoms with van der Waals surface area (Å²) >= 11 is 1.31. The highest BCUT2D eigenvalue weighted by molar-refractivity contribution is 7.11. The highest BCUT2D eigenvalue weighted by Gasteiger charge is 2.30. The van der Waals surface area contributed by atoms with Gasteiger partial charge in [-0.3, -0.25) is 0 Å². The van der Waals surface area contributed by atoms with E-state index >= 15 is 0 Å². The number of aryl methyl sites for hydroxylation is 2. The number of hydrogen-bond donors (Lipinski definition) is 0. The average Bonchev–Trinajstić information content (AvgIpc) is 3.06. The Balaban J connectivity index is 1.85. The number of thiazole rings is 1. The zero-order valence-corrected chi connectivity index (χ0v) is 14.8. The van der Waals surface area contributed by atoms with Crippen molar-refractivity contribution in [1.29, 1.82) is 0 Å². The summed E-state index contributed by atoms with van der Waals surface area (Å²) in [4.78, 5) is 15.9. The van der Waals surface area contributed by atoms with Crippen molar-refractivity contribution in [3.63, 3.8) is 0 Å². The number of esters is 1. The van der Waals surface area contributed by atoms with Gasteiger partial charge in [0.05, 0.1) is 6.61 Å². The normalized spacial score (nSPS) is 15.3. The van der Waals surface area contributed by atoms with E-state index in [-0.39, 0.29) is 5.41 Å². The van der Waals surface area contributed by atoms with Crippen LogP contribution in [0.1, 0.15) is 54.4 Å². The van der Waals surface area contributed by atoms with Crippen LogP contribution in [0.15, 0.2) is 17.5 Å². The Hall–Kier alpha value is -1.88. The molecular weight excluding hydrogens is 310 g/mol. The summed E-state index contributed by atoms with van der Waals surface area (Å²) in [5.41, 5.74) is 4.33. The SMILES string of the molecule is CCOC(=O)c1csc(Oc2cc3c(cc2C)CCC3(C)C)n1. The zero-order valence-electron chi connectivity index (χ0n) is 13.9. The number of aromatic nitrogens is 1. The van der Waals surface area contributed by atoms with Crippen molar-refractivity contribution in [2.45, 2.75) is 46.0 Å². The van der Waals surface area contributed by atoms with Gasteiger partial charge in [0.1, 0.15) is 5.75 Å². The molecule has 0 saturated heterocycles. The van der Waals surface area contributed by atoms with Crippen molar-refractivity contribution in [3.8, 4) is 10.9 Å². The van der Waals surface area contributed by atoms with E-state index in [0.717, 1.165) is 24.2 Å². The van der Waals surface area contributed by atoms with Crippen molar-refractivity contribution in [3.05, 3.63) is 39.9 Å². The van der Waals surface area contributed by atoms with Crippen molar-refractivity contribution in [1.82, 2.24) is 4.98 Å². The maximum Gasteiger partial charge on any atom is 0.357 e. The van der Waals surface area contributed by atoms with Gasteiger partial charge in [0.2, 0.25) is 0 Å². The Morgan fingerprint density at radius 3 is 2.91 bits per heavy atom. The van der Waals surface area contributed by atoms with Gasteiger partial charge in [-0.05, 0) is 54.9 Å². The molecule has 0 aliphatic heterocycles. The van der Waals surface area contributed by atoms with Crippen LogP contribution in [0.3, 0.4) is 0 Å². The molecular formula is C18H21NO3S. The number of ether oxygens (including phenoxy) is 2. The van der Waals surface area contributed by atoms with Gasteiger partial charge in [-0.25, -0.2) is 4.79 Å². The van der Waals surface area contributed by atoms with Crippen molar-refractivity contribution >= 4 is 17.3 Å². The van der Waals surface area contributed by atoms with Crippen molar-refractivity contribution < 1.29 is 14.3 Å². The van der Waals surface area contributed by atoms with Gasteiger partial charge in [-0.15, -0.1) is 0 Å². The van der Waals surface area contributed by atoms with Gasteiger partial charge in [0.25, 0.3) is 5.19 Å². The second-order valence-corrected chi connectivity index (χ2v) is 7.30. The molecule has 2 aromatic rings. The number of carbonyl (C=O) groups is 1. The molecule has 0 atom stereocenters. The van der Waals surface area contributed by atoms with E-state index in [1.54, 1.807) is 12.3 Å². The van der Waals surface area contributed by atoms with Crippen LogP contribution in [0.25, 0.3) is 0 Å². The number of benzene rings is 1. The fourth-order valence-corrected chi connectivity index (χ4v) is 3.62. The third-order valence-corrected chi connectivity index (χ3v) is 5.03. The van der Waals surface area contributed by atoms with E-state index in [1.807, 2.05) is 6.92 Å². The first kappa shape index (κ1) is 16.0. The molecule has 1 aromatic heterocycles. The van der Waals surface area contributed by atoms with E-state index in [9.17, 15) is 4.79 Å². The lowest BCUT2D eigenvalue weighted by Crippen LogP contribution is -2.12. The summed E-state index contributed by atoms with van der Waals surface area (Å²) in [6.07, 6.45) is 2.28. The van der Waals surface area contributed by atoms with E-state index in [0.29, 0.717) is 17.5 Å². The van der Waals surface area contributed by atoms with Crippen molar-refractivity contribution in [2.75, 3.05) is 6.61 Å². The molecule has 0 spiro atoms. The Bertz CT molecular complexity index is 749. The molecule has 0 radical (unpaired) electrons. The summed E-state index contributed by atoms with van der Waals surface area (Å²) in [5.74, 6) is 0.397. The quantitative estimate of drug-likeness (QED) is 0.766. The van der Waals surface area contributed by atoms with Crippen LogP contribution in [0.4, 0.5) is 0 Å². The van der Waals surface area contributed by atoms with Gasteiger partial charge >= 0.3 is 5.97 Å². The lowest BCUT2D eigenvalue weighted by Gasteiger charge is -2.20. The molecule has 0 saturated carbocycles. The molecule has 4 nitrogen and oxygen atoms in total. The van der Waals surface area contributed by atoms with Crippen LogP contribution >= 0.6 is 11.3 Å². The number of nitrogens with zero attached hydrogens (tertiary/aromatic N) is 1. The van der Waals surface area contributed by atoms with Crippen LogP contribution in [0, 0.1) is 6.92 Å². The highest BCUT2D eigenvalue weighted by Crippen LogP contribution is 2.42. The van der Waals surface area contributed by atoms with Crippen LogP contribution in [-0.4, -0.2) is 17.6 Å². The molecule has 1 aromatic carbocycles. The minimum absolute atomic E-state index is 0.181. The molecule has 122 valence electrons. The zero-order chi connectivity index (χ0) is 16.6. The second kappa shape index (κ2) is 5.96. The minimum atomic E-state index is -0.412. The van der Waals surface area contributed by atoms with Gasteiger partial charge in [0.15, 0.2) is 5.69 Å². The minimum Gasteiger partial charge on any atom is -0.461 e. The van der Waals surface area contributed by atoms with E-state index in [1.165, 1.54) is 22.5 Å². The maximum atomic E-state index is 11.7. The largest absolute Gasteiger partial charge is 0.461 e. The van der Waals surface area contributed by atoms with Crippen LogP contribution in [-0.2, 0) is 16.6 Å². The Morgan fingerprint density at radius 2 is 2.17 bits per heavy atom. The fourth-order valence-electron chi connectivity index (χ4n) is 2.97. The number of fused-ring (bicyclic) bond motifs is 1. The Morgan fingerprint density at radius 1 is 1.39 bits per heavy atom. The first-order valence-corrected chi connectivity index (χ1v) is 8.73. The highest BCUT2D eigenvalue weighted by atomic mass is 32.1. The molecule has 0 amide bonds. The Kier molecular flexibility index (Phi) is 4.15.